The minimum absolute atomic E-state index is 0.0153. The molecule has 236 valence electrons. The number of aryl methyl sites for hydroxylation is 1. The molecule has 45 heavy (non-hydrogen) atoms. The van der Waals surface area contributed by atoms with Crippen molar-refractivity contribution >= 4 is 50.7 Å². The summed E-state index contributed by atoms with van der Waals surface area (Å²) in [5.74, 6) is -0.896. The van der Waals surface area contributed by atoms with Gasteiger partial charge in [0.15, 0.2) is 0 Å². The Morgan fingerprint density at radius 2 is 1.33 bits per heavy atom. The zero-order valence-electron chi connectivity index (χ0n) is 25.7. The molecule has 0 aliphatic carbocycles. The smallest absolute Gasteiger partial charge is 0.264 e. The van der Waals surface area contributed by atoms with Gasteiger partial charge in [0.25, 0.3) is 10.0 Å². The van der Waals surface area contributed by atoms with Crippen LogP contribution >= 0.6 is 23.2 Å². The molecule has 1 atom stereocenters. The minimum atomic E-state index is -4.22. The molecule has 1 unspecified atom stereocenters. The average Bonchev–Trinajstić information content (AvgIpc) is 2.99. The number of rotatable bonds is 11. The molecule has 0 heterocycles. The van der Waals surface area contributed by atoms with Gasteiger partial charge in [0.2, 0.25) is 11.8 Å². The van der Waals surface area contributed by atoms with E-state index in [9.17, 15) is 18.0 Å². The summed E-state index contributed by atoms with van der Waals surface area (Å²) in [5, 5.41) is 3.94. The van der Waals surface area contributed by atoms with Crippen molar-refractivity contribution in [2.45, 2.75) is 57.1 Å². The summed E-state index contributed by atoms with van der Waals surface area (Å²) in [6.07, 6.45) is 0.219. The first-order valence-electron chi connectivity index (χ1n) is 14.5. The Hall–Kier alpha value is -3.85. The van der Waals surface area contributed by atoms with Gasteiger partial charge in [0.05, 0.1) is 10.6 Å². The summed E-state index contributed by atoms with van der Waals surface area (Å²) >= 11 is 12.2. The Labute approximate surface area is 275 Å². The van der Waals surface area contributed by atoms with Crippen LogP contribution in [0.5, 0.6) is 0 Å². The SMILES string of the molecule is Cc1ccccc1N(CC(=O)N(Cc1ccc(Cl)cc1)C(Cc1ccccc1)C(=O)NC(C)(C)C)S(=O)(=O)c1ccc(Cl)cc1. The first-order valence-corrected chi connectivity index (χ1v) is 16.7. The van der Waals surface area contributed by atoms with Crippen LogP contribution in [0.3, 0.4) is 0 Å². The summed E-state index contributed by atoms with van der Waals surface area (Å²) in [5.41, 5.74) is 2.03. The zero-order chi connectivity index (χ0) is 32.8. The van der Waals surface area contributed by atoms with Crippen molar-refractivity contribution in [2.24, 2.45) is 0 Å². The van der Waals surface area contributed by atoms with E-state index in [4.69, 9.17) is 23.2 Å². The average molecular weight is 667 g/mol. The largest absolute Gasteiger partial charge is 0.350 e. The number of halogens is 2. The molecule has 0 saturated heterocycles. The van der Waals surface area contributed by atoms with Crippen molar-refractivity contribution in [3.05, 3.63) is 130 Å². The number of benzene rings is 4. The van der Waals surface area contributed by atoms with Gasteiger partial charge >= 0.3 is 0 Å². The molecule has 7 nitrogen and oxygen atoms in total. The fraction of sp³-hybridized carbons (Fsp3) is 0.257. The minimum Gasteiger partial charge on any atom is -0.350 e. The van der Waals surface area contributed by atoms with E-state index in [1.165, 1.54) is 29.2 Å². The van der Waals surface area contributed by atoms with E-state index >= 15 is 0 Å². The van der Waals surface area contributed by atoms with Crippen molar-refractivity contribution in [2.75, 3.05) is 10.8 Å². The van der Waals surface area contributed by atoms with E-state index in [1.54, 1.807) is 55.5 Å². The number of carbonyl (C=O) groups is 2. The number of sulfonamides is 1. The number of carbonyl (C=O) groups excluding carboxylic acids is 2. The molecule has 0 saturated carbocycles. The summed E-state index contributed by atoms with van der Waals surface area (Å²) in [7, 11) is -4.22. The Morgan fingerprint density at radius 3 is 1.91 bits per heavy atom. The van der Waals surface area contributed by atoms with Crippen molar-refractivity contribution in [3.63, 3.8) is 0 Å². The Bertz CT molecular complexity index is 1720. The lowest BCUT2D eigenvalue weighted by molar-refractivity contribution is -0.140. The molecule has 4 aromatic carbocycles. The molecule has 0 spiro atoms. The van der Waals surface area contributed by atoms with Gasteiger partial charge in [-0.15, -0.1) is 0 Å². The summed E-state index contributed by atoms with van der Waals surface area (Å²) in [6.45, 7) is 6.90. The molecule has 0 aromatic heterocycles. The van der Waals surface area contributed by atoms with Crippen LogP contribution in [0.25, 0.3) is 0 Å². The van der Waals surface area contributed by atoms with Gasteiger partial charge in [0, 0.05) is 28.5 Å². The predicted octanol–water partition coefficient (Wildman–Crippen LogP) is 7.05. The molecule has 0 radical (unpaired) electrons. The molecule has 4 aromatic rings. The first-order chi connectivity index (χ1) is 21.2. The molecular weight excluding hydrogens is 629 g/mol. The highest BCUT2D eigenvalue weighted by Gasteiger charge is 2.36. The fourth-order valence-electron chi connectivity index (χ4n) is 4.88. The van der Waals surface area contributed by atoms with Gasteiger partial charge in [-0.2, -0.15) is 0 Å². The van der Waals surface area contributed by atoms with Gasteiger partial charge in [-0.05, 0) is 86.8 Å². The van der Waals surface area contributed by atoms with E-state index < -0.39 is 34.1 Å². The molecule has 2 amide bonds. The van der Waals surface area contributed by atoms with Crippen LogP contribution in [-0.4, -0.2) is 43.3 Å². The van der Waals surface area contributed by atoms with Crippen molar-refractivity contribution < 1.29 is 18.0 Å². The molecule has 0 aliphatic rings. The van der Waals surface area contributed by atoms with Crippen LogP contribution in [0.2, 0.25) is 10.0 Å². The van der Waals surface area contributed by atoms with Gasteiger partial charge in [-0.1, -0.05) is 83.9 Å². The Balaban J connectivity index is 1.82. The topological polar surface area (TPSA) is 86.8 Å². The Morgan fingerprint density at radius 1 is 0.778 bits per heavy atom. The second-order valence-corrected chi connectivity index (χ2v) is 14.6. The molecule has 0 fully saturated rings. The monoisotopic (exact) mass is 665 g/mol. The third kappa shape index (κ3) is 9.10. The standard InChI is InChI=1S/C35H37Cl2N3O4S/c1-25-10-8-9-13-31(25)40(45(43,44)30-20-18-29(37)19-21-30)24-33(41)39(23-27-14-16-28(36)17-15-27)32(34(42)38-35(2,3)4)22-26-11-6-5-7-12-26/h5-21,32H,22-24H2,1-4H3,(H,38,42). The lowest BCUT2D eigenvalue weighted by Crippen LogP contribution is -2.56. The molecule has 4 rings (SSSR count). The lowest BCUT2D eigenvalue weighted by atomic mass is 10.0. The van der Waals surface area contributed by atoms with Crippen LogP contribution < -0.4 is 9.62 Å². The number of para-hydroxylation sites is 1. The molecule has 0 bridgehead atoms. The molecule has 0 aliphatic heterocycles. The number of hydrogen-bond acceptors (Lipinski definition) is 4. The third-order valence-corrected chi connectivity index (χ3v) is 9.38. The quantitative estimate of drug-likeness (QED) is 0.186. The third-order valence-electron chi connectivity index (χ3n) is 7.10. The molecule has 10 heteroatoms. The van der Waals surface area contributed by atoms with Crippen LogP contribution in [-0.2, 0) is 32.6 Å². The van der Waals surface area contributed by atoms with Crippen molar-refractivity contribution in [1.82, 2.24) is 10.2 Å². The predicted molar refractivity (Wildman–Crippen MR) is 181 cm³/mol. The van der Waals surface area contributed by atoms with Gasteiger partial charge in [0.1, 0.15) is 12.6 Å². The number of amides is 2. The lowest BCUT2D eigenvalue weighted by Gasteiger charge is -2.35. The van der Waals surface area contributed by atoms with E-state index in [-0.39, 0.29) is 23.8 Å². The van der Waals surface area contributed by atoms with E-state index in [0.29, 0.717) is 21.3 Å². The number of nitrogens with zero attached hydrogens (tertiary/aromatic N) is 2. The van der Waals surface area contributed by atoms with Gasteiger partial charge < -0.3 is 10.2 Å². The summed E-state index contributed by atoms with van der Waals surface area (Å²) in [4.78, 5) is 29.9. The van der Waals surface area contributed by atoms with Crippen LogP contribution in [0.1, 0.15) is 37.5 Å². The highest BCUT2D eigenvalue weighted by Crippen LogP contribution is 2.28. The maximum absolute atomic E-state index is 14.5. The van der Waals surface area contributed by atoms with E-state index in [2.05, 4.69) is 5.32 Å². The van der Waals surface area contributed by atoms with Crippen LogP contribution in [0, 0.1) is 6.92 Å². The van der Waals surface area contributed by atoms with Gasteiger partial charge in [-0.25, -0.2) is 8.42 Å². The van der Waals surface area contributed by atoms with E-state index in [0.717, 1.165) is 15.4 Å². The molecule has 1 N–H and O–H groups in total. The Kier molecular flexibility index (Phi) is 11.0. The number of nitrogens with one attached hydrogen (secondary N) is 1. The fourth-order valence-corrected chi connectivity index (χ4v) is 6.61. The summed E-state index contributed by atoms with van der Waals surface area (Å²) in [6, 6.07) is 28.2. The van der Waals surface area contributed by atoms with E-state index in [1.807, 2.05) is 51.1 Å². The van der Waals surface area contributed by atoms with Crippen LogP contribution in [0.4, 0.5) is 5.69 Å². The highest BCUT2D eigenvalue weighted by molar-refractivity contribution is 7.92. The van der Waals surface area contributed by atoms with Crippen LogP contribution in [0.15, 0.2) is 108 Å². The second-order valence-electron chi connectivity index (χ2n) is 11.8. The number of anilines is 1. The highest BCUT2D eigenvalue weighted by atomic mass is 35.5. The zero-order valence-corrected chi connectivity index (χ0v) is 28.0. The second kappa shape index (κ2) is 14.5. The molecular formula is C35H37Cl2N3O4S. The maximum atomic E-state index is 14.5. The maximum Gasteiger partial charge on any atom is 0.264 e. The number of hydrogen-bond donors (Lipinski definition) is 1. The first kappa shape index (κ1) is 34.0. The normalized spacial score (nSPS) is 12.3. The van der Waals surface area contributed by atoms with Gasteiger partial charge in [-0.3, -0.25) is 13.9 Å². The summed E-state index contributed by atoms with van der Waals surface area (Å²) < 4.78 is 29.4. The van der Waals surface area contributed by atoms with Crippen molar-refractivity contribution in [3.8, 4) is 0 Å². The van der Waals surface area contributed by atoms with Crippen molar-refractivity contribution in [1.29, 1.82) is 0 Å².